The molecular formula is C13H23N3O2. The molecule has 0 radical (unpaired) electrons. The highest BCUT2D eigenvalue weighted by Crippen LogP contribution is 2.38. The van der Waals surface area contributed by atoms with E-state index in [0.717, 1.165) is 25.7 Å². The van der Waals surface area contributed by atoms with Gasteiger partial charge < -0.3 is 15.0 Å². The normalized spacial score (nSPS) is 21.2. The first kappa shape index (κ1) is 13.5. The topological polar surface area (TPSA) is 74.2 Å². The van der Waals surface area contributed by atoms with E-state index < -0.39 is 0 Å². The summed E-state index contributed by atoms with van der Waals surface area (Å²) in [6, 6.07) is -0.205. The van der Waals surface area contributed by atoms with Gasteiger partial charge in [-0.15, -0.1) is 0 Å². The maximum Gasteiger partial charge on any atom is 0.243 e. The van der Waals surface area contributed by atoms with Gasteiger partial charge in [-0.2, -0.15) is 4.98 Å². The molecule has 2 rings (SSSR count). The molecule has 0 saturated heterocycles. The second kappa shape index (κ2) is 5.36. The number of methoxy groups -OCH3 is 1. The standard InChI is InChI=1S/C13H23N3O2/c1-9(2)10(14)11-15-12(16-18-11)13(17-3)7-5-4-6-8-13/h9-10H,4-8,14H2,1-3H3. The average molecular weight is 253 g/mol. The van der Waals surface area contributed by atoms with Crippen molar-refractivity contribution in [1.82, 2.24) is 10.1 Å². The molecular weight excluding hydrogens is 230 g/mol. The van der Waals surface area contributed by atoms with Gasteiger partial charge in [0.1, 0.15) is 5.60 Å². The van der Waals surface area contributed by atoms with Crippen LogP contribution in [0, 0.1) is 5.92 Å². The Hall–Kier alpha value is -0.940. The number of nitrogens with two attached hydrogens (primary N) is 1. The summed E-state index contributed by atoms with van der Waals surface area (Å²) in [5.41, 5.74) is 5.66. The Labute approximate surface area is 108 Å². The lowest BCUT2D eigenvalue weighted by atomic mass is 9.84. The first-order valence-corrected chi connectivity index (χ1v) is 6.74. The first-order valence-electron chi connectivity index (χ1n) is 6.74. The van der Waals surface area contributed by atoms with Crippen LogP contribution in [-0.2, 0) is 10.3 Å². The molecule has 1 aliphatic carbocycles. The second-order valence-corrected chi connectivity index (χ2v) is 5.49. The highest BCUT2D eigenvalue weighted by molar-refractivity contribution is 5.05. The molecule has 1 aliphatic rings. The minimum Gasteiger partial charge on any atom is -0.370 e. The predicted octanol–water partition coefficient (Wildman–Crippen LogP) is 2.53. The van der Waals surface area contributed by atoms with Gasteiger partial charge in [-0.25, -0.2) is 0 Å². The Morgan fingerprint density at radius 1 is 1.28 bits per heavy atom. The largest absolute Gasteiger partial charge is 0.370 e. The van der Waals surface area contributed by atoms with Crippen molar-refractivity contribution >= 4 is 0 Å². The van der Waals surface area contributed by atoms with E-state index in [2.05, 4.69) is 10.1 Å². The van der Waals surface area contributed by atoms with Crippen LogP contribution in [0.2, 0.25) is 0 Å². The van der Waals surface area contributed by atoms with Gasteiger partial charge in [0.15, 0.2) is 0 Å². The first-order chi connectivity index (χ1) is 8.59. The number of nitrogens with zero attached hydrogens (tertiary/aromatic N) is 2. The summed E-state index contributed by atoms with van der Waals surface area (Å²) >= 11 is 0. The Morgan fingerprint density at radius 2 is 1.94 bits per heavy atom. The van der Waals surface area contributed by atoms with Gasteiger partial charge in [0.2, 0.25) is 11.7 Å². The highest BCUT2D eigenvalue weighted by Gasteiger charge is 2.39. The van der Waals surface area contributed by atoms with Crippen molar-refractivity contribution in [2.75, 3.05) is 7.11 Å². The maximum absolute atomic E-state index is 6.03. The van der Waals surface area contributed by atoms with Crippen LogP contribution in [0.3, 0.4) is 0 Å². The summed E-state index contributed by atoms with van der Waals surface area (Å²) < 4.78 is 11.0. The van der Waals surface area contributed by atoms with Crippen LogP contribution in [0.25, 0.3) is 0 Å². The third-order valence-electron chi connectivity index (χ3n) is 3.90. The molecule has 5 heteroatoms. The summed E-state index contributed by atoms with van der Waals surface area (Å²) in [5, 5.41) is 4.10. The third-order valence-corrected chi connectivity index (χ3v) is 3.90. The van der Waals surface area contributed by atoms with E-state index in [1.54, 1.807) is 7.11 Å². The fourth-order valence-corrected chi connectivity index (χ4v) is 2.48. The summed E-state index contributed by atoms with van der Waals surface area (Å²) in [7, 11) is 1.73. The van der Waals surface area contributed by atoms with Crippen LogP contribution in [-0.4, -0.2) is 17.3 Å². The van der Waals surface area contributed by atoms with Crippen LogP contribution in [0.5, 0.6) is 0 Å². The molecule has 2 N–H and O–H groups in total. The lowest BCUT2D eigenvalue weighted by Gasteiger charge is -2.32. The Bertz CT molecular complexity index is 383. The molecule has 0 bridgehead atoms. The van der Waals surface area contributed by atoms with Crippen LogP contribution < -0.4 is 5.73 Å². The average Bonchev–Trinajstić information content (AvgIpc) is 2.88. The van der Waals surface area contributed by atoms with Gasteiger partial charge in [0, 0.05) is 7.11 Å². The van der Waals surface area contributed by atoms with Gasteiger partial charge in [0.05, 0.1) is 6.04 Å². The van der Waals surface area contributed by atoms with Gasteiger partial charge in [-0.05, 0) is 18.8 Å². The van der Waals surface area contributed by atoms with Crippen LogP contribution >= 0.6 is 0 Å². The van der Waals surface area contributed by atoms with Crippen molar-refractivity contribution in [3.63, 3.8) is 0 Å². The Balaban J connectivity index is 2.22. The fourth-order valence-electron chi connectivity index (χ4n) is 2.48. The summed E-state index contributed by atoms with van der Waals surface area (Å²) in [4.78, 5) is 4.47. The zero-order valence-electron chi connectivity index (χ0n) is 11.5. The van der Waals surface area contributed by atoms with Crippen molar-refractivity contribution in [3.05, 3.63) is 11.7 Å². The van der Waals surface area contributed by atoms with Crippen molar-refractivity contribution in [2.24, 2.45) is 11.7 Å². The van der Waals surface area contributed by atoms with Crippen molar-refractivity contribution < 1.29 is 9.26 Å². The van der Waals surface area contributed by atoms with E-state index in [9.17, 15) is 0 Å². The maximum atomic E-state index is 6.03. The van der Waals surface area contributed by atoms with Gasteiger partial charge in [0.25, 0.3) is 0 Å². The van der Waals surface area contributed by atoms with E-state index in [1.807, 2.05) is 13.8 Å². The molecule has 0 amide bonds. The molecule has 0 spiro atoms. The second-order valence-electron chi connectivity index (χ2n) is 5.49. The molecule has 1 aromatic rings. The van der Waals surface area contributed by atoms with Crippen LogP contribution in [0.15, 0.2) is 4.52 Å². The Morgan fingerprint density at radius 3 is 2.50 bits per heavy atom. The summed E-state index contributed by atoms with van der Waals surface area (Å²) in [6.45, 7) is 4.09. The number of aromatic nitrogens is 2. The number of hydrogen-bond donors (Lipinski definition) is 1. The van der Waals surface area contributed by atoms with Crippen molar-refractivity contribution in [3.8, 4) is 0 Å². The van der Waals surface area contributed by atoms with Crippen molar-refractivity contribution in [1.29, 1.82) is 0 Å². The SMILES string of the molecule is COC1(c2noc(C(N)C(C)C)n2)CCCCC1. The lowest BCUT2D eigenvalue weighted by molar-refractivity contribution is -0.0527. The van der Waals surface area contributed by atoms with E-state index >= 15 is 0 Å². The molecule has 1 atom stereocenters. The van der Waals surface area contributed by atoms with Crippen molar-refractivity contribution in [2.45, 2.75) is 57.6 Å². The van der Waals surface area contributed by atoms with E-state index in [0.29, 0.717) is 11.7 Å². The highest BCUT2D eigenvalue weighted by atomic mass is 16.5. The van der Waals surface area contributed by atoms with Gasteiger partial charge in [-0.3, -0.25) is 0 Å². The van der Waals surface area contributed by atoms with Gasteiger partial charge in [-0.1, -0.05) is 38.3 Å². The zero-order chi connectivity index (χ0) is 13.2. The minimum absolute atomic E-state index is 0.205. The van der Waals surface area contributed by atoms with Crippen LogP contribution in [0.4, 0.5) is 0 Å². The molecule has 1 unspecified atom stereocenters. The van der Waals surface area contributed by atoms with E-state index in [4.69, 9.17) is 15.0 Å². The van der Waals surface area contributed by atoms with Crippen LogP contribution in [0.1, 0.15) is 63.7 Å². The molecule has 1 fully saturated rings. The lowest BCUT2D eigenvalue weighted by Crippen LogP contribution is -2.32. The smallest absolute Gasteiger partial charge is 0.243 e. The zero-order valence-corrected chi connectivity index (χ0v) is 11.5. The molecule has 5 nitrogen and oxygen atoms in total. The van der Waals surface area contributed by atoms with E-state index in [1.165, 1.54) is 6.42 Å². The van der Waals surface area contributed by atoms with Gasteiger partial charge >= 0.3 is 0 Å². The molecule has 0 aliphatic heterocycles. The predicted molar refractivity (Wildman–Crippen MR) is 67.8 cm³/mol. The Kier molecular flexibility index (Phi) is 4.02. The summed E-state index contributed by atoms with van der Waals surface area (Å²) in [5.74, 6) is 1.46. The fraction of sp³-hybridized carbons (Fsp3) is 0.846. The molecule has 1 aromatic heterocycles. The third kappa shape index (κ3) is 2.42. The van der Waals surface area contributed by atoms with E-state index in [-0.39, 0.29) is 17.6 Å². The quantitative estimate of drug-likeness (QED) is 0.892. The number of ether oxygens (including phenoxy) is 1. The summed E-state index contributed by atoms with van der Waals surface area (Å²) in [6.07, 6.45) is 5.46. The number of hydrogen-bond acceptors (Lipinski definition) is 5. The molecule has 0 aromatic carbocycles. The minimum atomic E-state index is -0.364. The monoisotopic (exact) mass is 253 g/mol. The number of rotatable bonds is 4. The molecule has 18 heavy (non-hydrogen) atoms. The molecule has 102 valence electrons. The molecule has 1 heterocycles. The molecule has 1 saturated carbocycles.